The second-order valence-corrected chi connectivity index (χ2v) is 12.2. The molecule has 0 bridgehead atoms. The first-order chi connectivity index (χ1) is 22.0. The van der Waals surface area contributed by atoms with Gasteiger partial charge in [0.15, 0.2) is 17.8 Å². The first-order valence-electron chi connectivity index (χ1n) is 15.6. The average molecular weight is 643 g/mol. The minimum Gasteiger partial charge on any atom is -0.491 e. The van der Waals surface area contributed by atoms with Crippen LogP contribution < -0.4 is 15.4 Å². The van der Waals surface area contributed by atoms with E-state index in [1.54, 1.807) is 30.3 Å². The molecule has 9 nitrogen and oxygen atoms in total. The van der Waals surface area contributed by atoms with Crippen molar-refractivity contribution >= 4 is 29.9 Å². The number of hydrogen-bond acceptors (Lipinski definition) is 7. The van der Waals surface area contributed by atoms with Gasteiger partial charge in [0.2, 0.25) is 6.41 Å². The third-order valence-corrected chi connectivity index (χ3v) is 7.79. The molecule has 12 heteroatoms. The molecule has 1 aliphatic rings. The highest BCUT2D eigenvalue weighted by Crippen LogP contribution is 2.42. The number of aldehydes is 1. The molecule has 1 heterocycles. The van der Waals surface area contributed by atoms with Crippen LogP contribution in [0.3, 0.4) is 0 Å². The fourth-order valence-corrected chi connectivity index (χ4v) is 5.55. The van der Waals surface area contributed by atoms with Gasteiger partial charge in [-0.25, -0.2) is 4.68 Å². The highest BCUT2D eigenvalue weighted by atomic mass is 19.4. The van der Waals surface area contributed by atoms with Gasteiger partial charge in [0.05, 0.1) is 29.2 Å². The number of anilines is 2. The van der Waals surface area contributed by atoms with Crippen LogP contribution in [0, 0.1) is 5.41 Å². The molecular formula is C34H41F3N4O5. The van der Waals surface area contributed by atoms with E-state index in [1.807, 2.05) is 13.8 Å². The number of aromatic nitrogens is 2. The predicted molar refractivity (Wildman–Crippen MR) is 168 cm³/mol. The molecule has 1 aliphatic carbocycles. The lowest BCUT2D eigenvalue weighted by atomic mass is 9.75. The van der Waals surface area contributed by atoms with Gasteiger partial charge in [-0.1, -0.05) is 39.5 Å². The Bertz CT molecular complexity index is 1490. The quantitative estimate of drug-likeness (QED) is 0.113. The van der Waals surface area contributed by atoms with Crippen molar-refractivity contribution in [3.8, 4) is 11.4 Å². The van der Waals surface area contributed by atoms with Crippen molar-refractivity contribution in [2.45, 2.75) is 71.4 Å². The minimum atomic E-state index is -4.79. The molecular weight excluding hydrogens is 601 g/mol. The van der Waals surface area contributed by atoms with Crippen LogP contribution in [0.2, 0.25) is 0 Å². The lowest BCUT2D eigenvalue weighted by Gasteiger charge is -2.29. The van der Waals surface area contributed by atoms with E-state index in [1.165, 1.54) is 16.8 Å². The summed E-state index contributed by atoms with van der Waals surface area (Å²) in [6, 6.07) is 11.7. The van der Waals surface area contributed by atoms with E-state index < -0.39 is 23.1 Å². The van der Waals surface area contributed by atoms with Crippen LogP contribution in [0.4, 0.5) is 24.5 Å². The van der Waals surface area contributed by atoms with Crippen molar-refractivity contribution in [2.24, 2.45) is 5.41 Å². The van der Waals surface area contributed by atoms with E-state index in [-0.39, 0.29) is 24.1 Å². The molecule has 2 N–H and O–H groups in total. The molecule has 0 atom stereocenters. The molecule has 46 heavy (non-hydrogen) atoms. The maximum Gasteiger partial charge on any atom is 0.435 e. The fraction of sp³-hybridized carbons (Fsp3) is 0.471. The third-order valence-electron chi connectivity index (χ3n) is 7.79. The number of nitrogens with zero attached hydrogens (tertiary/aromatic N) is 2. The summed E-state index contributed by atoms with van der Waals surface area (Å²) in [4.78, 5) is 34.8. The van der Waals surface area contributed by atoms with Gasteiger partial charge in [0.25, 0.3) is 0 Å². The zero-order chi connectivity index (χ0) is 33.2. The Morgan fingerprint density at radius 1 is 0.935 bits per heavy atom. The topological polar surface area (TPSA) is 112 Å². The lowest BCUT2D eigenvalue weighted by Crippen LogP contribution is -2.29. The van der Waals surface area contributed by atoms with Crippen molar-refractivity contribution < 1.29 is 37.0 Å². The maximum atomic E-state index is 13.9. The second kappa shape index (κ2) is 15.9. The van der Waals surface area contributed by atoms with Crippen molar-refractivity contribution in [1.29, 1.82) is 0 Å². The highest BCUT2D eigenvalue weighted by molar-refractivity contribution is 6.00. The molecule has 0 saturated carbocycles. The van der Waals surface area contributed by atoms with Gasteiger partial charge in [0.1, 0.15) is 12.4 Å². The fourth-order valence-electron chi connectivity index (χ4n) is 5.55. The number of amides is 1. The van der Waals surface area contributed by atoms with E-state index in [2.05, 4.69) is 15.7 Å². The maximum absolute atomic E-state index is 13.9. The number of unbranched alkanes of at least 4 members (excludes halogenated alkanes) is 5. The number of carbonyl (C=O) groups is 3. The number of Topliss-reactive ketones (excluding diaryl/α,β-unsaturated/α-hetero) is 1. The molecule has 3 aromatic rings. The SMILES string of the molecule is CC1(C)CC(=O)c2c(C(F)(F)F)nn(-c3ccc(C=O)c(Nc4ccc(OCCOCCCCCCCCNC=O)cc4)c3)c2C1. The number of fused-ring (bicyclic) bond motifs is 1. The molecule has 248 valence electrons. The van der Waals surface area contributed by atoms with Gasteiger partial charge in [0, 0.05) is 30.8 Å². The lowest BCUT2D eigenvalue weighted by molar-refractivity contribution is -0.141. The summed E-state index contributed by atoms with van der Waals surface area (Å²) in [7, 11) is 0. The van der Waals surface area contributed by atoms with Crippen LogP contribution in [0.15, 0.2) is 42.5 Å². The van der Waals surface area contributed by atoms with Gasteiger partial charge in [-0.05, 0) is 67.1 Å². The zero-order valence-electron chi connectivity index (χ0n) is 26.3. The van der Waals surface area contributed by atoms with Crippen LogP contribution in [0.5, 0.6) is 5.75 Å². The molecule has 2 aromatic carbocycles. The molecule has 4 rings (SSSR count). The van der Waals surface area contributed by atoms with Gasteiger partial charge in [-0.2, -0.15) is 18.3 Å². The number of rotatable bonds is 18. The van der Waals surface area contributed by atoms with Crippen LogP contribution in [0.1, 0.15) is 90.9 Å². The number of ether oxygens (including phenoxy) is 2. The summed E-state index contributed by atoms with van der Waals surface area (Å²) in [5.74, 6) is 0.0585. The van der Waals surface area contributed by atoms with Crippen LogP contribution in [-0.2, 0) is 22.1 Å². The van der Waals surface area contributed by atoms with Gasteiger partial charge in [-0.3, -0.25) is 14.4 Å². The normalized spacial score (nSPS) is 14.1. The van der Waals surface area contributed by atoms with Crippen molar-refractivity contribution in [1.82, 2.24) is 15.1 Å². The molecule has 0 unspecified atom stereocenters. The Kier molecular flexibility index (Phi) is 12.0. The van der Waals surface area contributed by atoms with Crippen LogP contribution in [0.25, 0.3) is 5.69 Å². The molecule has 0 spiro atoms. The van der Waals surface area contributed by atoms with Gasteiger partial charge >= 0.3 is 6.18 Å². The van der Waals surface area contributed by atoms with E-state index in [0.29, 0.717) is 54.5 Å². The van der Waals surface area contributed by atoms with Crippen LogP contribution >= 0.6 is 0 Å². The number of benzene rings is 2. The van der Waals surface area contributed by atoms with E-state index >= 15 is 0 Å². The molecule has 0 radical (unpaired) electrons. The average Bonchev–Trinajstić information content (AvgIpc) is 3.40. The van der Waals surface area contributed by atoms with E-state index in [9.17, 15) is 27.6 Å². The summed E-state index contributed by atoms with van der Waals surface area (Å²) in [6.45, 7) is 5.93. The third kappa shape index (κ3) is 9.41. The highest BCUT2D eigenvalue weighted by Gasteiger charge is 2.45. The van der Waals surface area contributed by atoms with E-state index in [0.717, 1.165) is 51.5 Å². The monoisotopic (exact) mass is 642 g/mol. The van der Waals surface area contributed by atoms with Crippen molar-refractivity contribution in [2.75, 3.05) is 31.7 Å². The molecule has 0 saturated heterocycles. The Balaban J connectivity index is 1.33. The first kappa shape index (κ1) is 34.7. The smallest absolute Gasteiger partial charge is 0.435 e. The Labute approximate surface area is 266 Å². The molecule has 1 aromatic heterocycles. The summed E-state index contributed by atoms with van der Waals surface area (Å²) < 4.78 is 54.3. The Hall–Kier alpha value is -4.19. The zero-order valence-corrected chi connectivity index (χ0v) is 26.3. The number of carbonyl (C=O) groups excluding carboxylic acids is 3. The first-order valence-corrected chi connectivity index (χ1v) is 15.6. The predicted octanol–water partition coefficient (Wildman–Crippen LogP) is 7.08. The number of nitrogens with one attached hydrogen (secondary N) is 2. The summed E-state index contributed by atoms with van der Waals surface area (Å²) in [6.07, 6.45) is 3.32. The number of hydrogen-bond donors (Lipinski definition) is 2. The van der Waals surface area contributed by atoms with E-state index in [4.69, 9.17) is 9.47 Å². The molecule has 0 fully saturated rings. The summed E-state index contributed by atoms with van der Waals surface area (Å²) in [5, 5.41) is 9.68. The number of halogens is 3. The van der Waals surface area contributed by atoms with Crippen LogP contribution in [-0.4, -0.2) is 54.6 Å². The number of ketones is 1. The van der Waals surface area contributed by atoms with Gasteiger partial charge < -0.3 is 20.1 Å². The second-order valence-electron chi connectivity index (χ2n) is 12.2. The Morgan fingerprint density at radius 2 is 1.65 bits per heavy atom. The van der Waals surface area contributed by atoms with Crippen molar-refractivity contribution in [3.63, 3.8) is 0 Å². The van der Waals surface area contributed by atoms with Crippen molar-refractivity contribution in [3.05, 3.63) is 65.0 Å². The largest absolute Gasteiger partial charge is 0.491 e. The molecule has 0 aliphatic heterocycles. The Morgan fingerprint density at radius 3 is 2.35 bits per heavy atom. The summed E-state index contributed by atoms with van der Waals surface area (Å²) >= 11 is 0. The minimum absolute atomic E-state index is 0.00311. The molecule has 1 amide bonds. The van der Waals surface area contributed by atoms with Gasteiger partial charge in [-0.15, -0.1) is 0 Å². The standard InChI is InChI=1S/C34H41F3N4O5/c1-33(2)20-29-31(30(44)21-33)32(34(35,36)37)40-41(29)26-12-9-24(22-42)28(19-26)39-25-10-13-27(14-11-25)46-18-17-45-16-8-6-4-3-5-7-15-38-23-43/h9-14,19,22-23,39H,3-8,15-18,20-21H2,1-2H3,(H,38,43). The summed E-state index contributed by atoms with van der Waals surface area (Å²) in [5.41, 5.74) is -0.263. The number of alkyl halides is 3.